The number of isocyanates is 1. The number of hydrogen-bond acceptors (Lipinski definition) is 8. The largest absolute Gasteiger partial charge is 0.452 e. The molecule has 0 saturated heterocycles. The number of ether oxygens (including phenoxy) is 3. The molecule has 0 aromatic carbocycles. The Balaban J connectivity index is 5.34. The van der Waals surface area contributed by atoms with E-state index in [2.05, 4.69) is 38.9 Å². The lowest BCUT2D eigenvalue weighted by atomic mass is 10.4. The number of carbonyl (C=O) groups excluding carboxylic acids is 4. The molecule has 0 saturated carbocycles. The van der Waals surface area contributed by atoms with Crippen molar-refractivity contribution in [2.75, 3.05) is 6.61 Å². The van der Waals surface area contributed by atoms with Gasteiger partial charge in [-0.15, -0.1) is 4.99 Å². The van der Waals surface area contributed by atoms with Crippen LogP contribution < -0.4 is 0 Å². The van der Waals surface area contributed by atoms with Crippen LogP contribution >= 0.6 is 0 Å². The summed E-state index contributed by atoms with van der Waals surface area (Å²) in [6, 6.07) is 0. The Morgan fingerprint density at radius 3 is 1.80 bits per heavy atom. The molecule has 20 heavy (non-hydrogen) atoms. The molecule has 0 rings (SSSR count). The fourth-order valence-corrected chi connectivity index (χ4v) is 0.846. The van der Waals surface area contributed by atoms with Crippen molar-refractivity contribution in [2.45, 2.75) is 5.91 Å². The molecule has 106 valence electrons. The number of esters is 3. The number of rotatable bonds is 8. The molecule has 0 atom stereocenters. The van der Waals surface area contributed by atoms with Crippen LogP contribution in [0.1, 0.15) is 0 Å². The summed E-state index contributed by atoms with van der Waals surface area (Å²) in [4.78, 5) is 46.8. The summed E-state index contributed by atoms with van der Waals surface area (Å²) >= 11 is 0. The summed E-state index contributed by atoms with van der Waals surface area (Å²) in [5.74, 6) is -5.57. The van der Waals surface area contributed by atoms with Crippen molar-refractivity contribution in [2.24, 2.45) is 4.99 Å². The zero-order valence-corrected chi connectivity index (χ0v) is 10.4. The highest BCUT2D eigenvalue weighted by Crippen LogP contribution is 2.17. The van der Waals surface area contributed by atoms with E-state index in [4.69, 9.17) is 0 Å². The van der Waals surface area contributed by atoms with Gasteiger partial charge in [0.2, 0.25) is 6.08 Å². The highest BCUT2D eigenvalue weighted by Gasteiger charge is 2.40. The van der Waals surface area contributed by atoms with Gasteiger partial charge in [0.25, 0.3) is 0 Å². The first kappa shape index (κ1) is 17.0. The summed E-state index contributed by atoms with van der Waals surface area (Å²) < 4.78 is 13.8. The Morgan fingerprint density at radius 2 is 1.45 bits per heavy atom. The molecule has 8 heteroatoms. The second-order valence-corrected chi connectivity index (χ2v) is 2.98. The fourth-order valence-electron chi connectivity index (χ4n) is 0.846. The van der Waals surface area contributed by atoms with E-state index >= 15 is 0 Å². The van der Waals surface area contributed by atoms with Crippen molar-refractivity contribution in [3.8, 4) is 0 Å². The minimum atomic E-state index is -2.50. The first-order valence-electron chi connectivity index (χ1n) is 5.02. The van der Waals surface area contributed by atoms with Gasteiger partial charge in [-0.1, -0.05) is 19.7 Å². The number of nitrogens with zero attached hydrogens (tertiary/aromatic N) is 1. The maximum atomic E-state index is 11.2. The molecular formula is C12H11NO7. The van der Waals surface area contributed by atoms with Crippen LogP contribution in [0.2, 0.25) is 0 Å². The quantitative estimate of drug-likeness (QED) is 0.205. The van der Waals surface area contributed by atoms with Crippen LogP contribution in [0.5, 0.6) is 0 Å². The van der Waals surface area contributed by atoms with E-state index in [0.717, 1.165) is 24.3 Å². The van der Waals surface area contributed by atoms with Crippen molar-refractivity contribution in [3.05, 3.63) is 38.0 Å². The normalized spacial score (nSPS) is 9.40. The van der Waals surface area contributed by atoms with Gasteiger partial charge in [0.15, 0.2) is 6.61 Å². The van der Waals surface area contributed by atoms with E-state index in [1.807, 2.05) is 0 Å². The highest BCUT2D eigenvalue weighted by molar-refractivity contribution is 5.84. The van der Waals surface area contributed by atoms with Crippen molar-refractivity contribution < 1.29 is 33.4 Å². The molecule has 0 unspecified atom stereocenters. The zero-order valence-electron chi connectivity index (χ0n) is 10.4. The second-order valence-electron chi connectivity index (χ2n) is 2.98. The second kappa shape index (κ2) is 8.17. The lowest BCUT2D eigenvalue weighted by molar-refractivity contribution is -0.234. The summed E-state index contributed by atoms with van der Waals surface area (Å²) in [6.45, 7) is 8.49. The minimum Gasteiger partial charge on any atom is -0.452 e. The predicted molar refractivity (Wildman–Crippen MR) is 64.6 cm³/mol. The Labute approximate surface area is 114 Å². The summed E-state index contributed by atoms with van der Waals surface area (Å²) in [6.07, 6.45) is 3.31. The van der Waals surface area contributed by atoms with Gasteiger partial charge in [-0.05, 0) is 0 Å². The van der Waals surface area contributed by atoms with E-state index in [0.29, 0.717) is 0 Å². The van der Waals surface area contributed by atoms with Gasteiger partial charge in [0.1, 0.15) is 0 Å². The van der Waals surface area contributed by atoms with Crippen LogP contribution in [0, 0.1) is 0 Å². The van der Waals surface area contributed by atoms with E-state index in [1.54, 1.807) is 0 Å². The van der Waals surface area contributed by atoms with Crippen LogP contribution in [0.15, 0.2) is 43.0 Å². The molecule has 8 nitrogen and oxygen atoms in total. The van der Waals surface area contributed by atoms with Gasteiger partial charge in [-0.2, -0.15) is 0 Å². The van der Waals surface area contributed by atoms with Crippen molar-refractivity contribution in [3.63, 3.8) is 0 Å². The molecule has 0 fully saturated rings. The molecule has 0 aliphatic heterocycles. The molecule has 0 spiro atoms. The van der Waals surface area contributed by atoms with Crippen molar-refractivity contribution >= 4 is 24.0 Å². The molecule has 0 bridgehead atoms. The Kier molecular flexibility index (Phi) is 6.95. The Morgan fingerprint density at radius 1 is 1.00 bits per heavy atom. The molecular weight excluding hydrogens is 270 g/mol. The SMILES string of the molecule is C=CC(=O)OCC(N=C=O)(OC(=O)C=C)OC(=O)C=C. The highest BCUT2D eigenvalue weighted by atomic mass is 16.8. The first-order chi connectivity index (χ1) is 9.42. The maximum absolute atomic E-state index is 11.2. The maximum Gasteiger partial charge on any atom is 0.407 e. The molecule has 0 aliphatic rings. The van der Waals surface area contributed by atoms with Gasteiger partial charge in [0.05, 0.1) is 0 Å². The van der Waals surface area contributed by atoms with Crippen LogP contribution in [0.3, 0.4) is 0 Å². The third kappa shape index (κ3) is 5.56. The van der Waals surface area contributed by atoms with Gasteiger partial charge in [0, 0.05) is 18.2 Å². The molecule has 0 aromatic rings. The Hall–Kier alpha value is -2.99. The van der Waals surface area contributed by atoms with Crippen LogP contribution in [-0.2, 0) is 33.4 Å². The molecule has 0 radical (unpaired) electrons. The van der Waals surface area contributed by atoms with E-state index in [9.17, 15) is 19.2 Å². The minimum absolute atomic E-state index is 0.728. The molecule has 0 aliphatic carbocycles. The van der Waals surface area contributed by atoms with Gasteiger partial charge < -0.3 is 14.2 Å². The summed E-state index contributed by atoms with van der Waals surface area (Å²) in [5.41, 5.74) is 0. The third-order valence-corrected chi connectivity index (χ3v) is 1.63. The van der Waals surface area contributed by atoms with Crippen LogP contribution in [-0.4, -0.2) is 36.5 Å². The van der Waals surface area contributed by atoms with E-state index < -0.39 is 30.4 Å². The number of hydrogen-bond donors (Lipinski definition) is 0. The molecule has 0 heterocycles. The topological polar surface area (TPSA) is 108 Å². The summed E-state index contributed by atoms with van der Waals surface area (Å²) in [7, 11) is 0. The monoisotopic (exact) mass is 281 g/mol. The molecule has 0 aromatic heterocycles. The van der Waals surface area contributed by atoms with Gasteiger partial charge in [-0.3, -0.25) is 0 Å². The number of aliphatic imine (C=N–C) groups is 1. The average molecular weight is 281 g/mol. The van der Waals surface area contributed by atoms with Crippen LogP contribution in [0.25, 0.3) is 0 Å². The van der Waals surface area contributed by atoms with E-state index in [1.165, 1.54) is 0 Å². The van der Waals surface area contributed by atoms with Crippen LogP contribution in [0.4, 0.5) is 0 Å². The fraction of sp³-hybridized carbons (Fsp3) is 0.167. The molecule has 0 N–H and O–H groups in total. The lowest BCUT2D eigenvalue weighted by Crippen LogP contribution is -2.42. The molecule has 0 amide bonds. The number of carbonyl (C=O) groups is 3. The third-order valence-electron chi connectivity index (χ3n) is 1.63. The van der Waals surface area contributed by atoms with Crippen molar-refractivity contribution in [1.82, 2.24) is 0 Å². The smallest absolute Gasteiger partial charge is 0.407 e. The van der Waals surface area contributed by atoms with Gasteiger partial charge >= 0.3 is 23.8 Å². The first-order valence-corrected chi connectivity index (χ1v) is 5.02. The Bertz CT molecular complexity index is 466. The lowest BCUT2D eigenvalue weighted by Gasteiger charge is -2.25. The van der Waals surface area contributed by atoms with Gasteiger partial charge in [-0.25, -0.2) is 19.2 Å². The zero-order chi connectivity index (χ0) is 15.6. The summed E-state index contributed by atoms with van der Waals surface area (Å²) in [5, 5.41) is 0. The van der Waals surface area contributed by atoms with Crippen molar-refractivity contribution in [1.29, 1.82) is 0 Å². The standard InChI is InChI=1S/C12H11NO7/c1-4-9(15)18-7-12(13-8-14,19-10(16)5-2)20-11(17)6-3/h4-6H,1-3,7H2. The predicted octanol–water partition coefficient (Wildman–Crippen LogP) is 0.164. The average Bonchev–Trinajstić information content (AvgIpc) is 2.44. The van der Waals surface area contributed by atoms with E-state index in [-0.39, 0.29) is 0 Å².